The van der Waals surface area contributed by atoms with E-state index in [2.05, 4.69) is 10.5 Å². The maximum absolute atomic E-state index is 14.0. The smallest absolute Gasteiger partial charge is 0.316 e. The van der Waals surface area contributed by atoms with E-state index in [9.17, 15) is 39.6 Å². The summed E-state index contributed by atoms with van der Waals surface area (Å²) in [7, 11) is 4.92. The van der Waals surface area contributed by atoms with Gasteiger partial charge in [-0.25, -0.2) is 5.43 Å². The van der Waals surface area contributed by atoms with Gasteiger partial charge in [0.25, 0.3) is 0 Å². The number of esters is 1. The fourth-order valence-electron chi connectivity index (χ4n) is 9.64. The van der Waals surface area contributed by atoms with Crippen LogP contribution in [-0.2, 0) is 42.7 Å². The van der Waals surface area contributed by atoms with Crippen LogP contribution in [0, 0.1) is 0 Å². The lowest BCUT2D eigenvalue weighted by Crippen LogP contribution is -2.58. The van der Waals surface area contributed by atoms with E-state index in [1.807, 2.05) is 32.8 Å². The quantitative estimate of drug-likeness (QED) is 0.137. The van der Waals surface area contributed by atoms with Crippen molar-refractivity contribution in [3.05, 3.63) is 57.6 Å². The van der Waals surface area contributed by atoms with E-state index in [1.165, 1.54) is 31.4 Å². The zero-order valence-electron chi connectivity index (χ0n) is 36.9. The molecule has 3 heterocycles. The van der Waals surface area contributed by atoms with E-state index in [0.717, 1.165) is 0 Å². The first kappa shape index (κ1) is 46.6. The number of hydrazone groups is 1. The second-order valence-electron chi connectivity index (χ2n) is 17.3. The average molecular weight is 882 g/mol. The SMILES string of the molecule is CCC(=O)N/N=C1/CCC(O[C@@H]2C(C)O[C@@H](O[C@@H]3C(C)O[C@@H](O[C@H]4C[C@](O)(CC)[C@H](C(=O)OC)c5cc6c(c(O)c54)C(=O)c4c(O)cccc4C6=O)C[C@H]3N(C)C)C[C@H]2O)OC1C. The molecule has 0 spiro atoms. The molecule has 4 unspecified atom stereocenters. The maximum Gasteiger partial charge on any atom is 0.316 e. The second kappa shape index (κ2) is 18.6. The molecule has 0 saturated carbocycles. The Morgan fingerprint density at radius 3 is 2.24 bits per heavy atom. The number of ketones is 2. The van der Waals surface area contributed by atoms with Crippen molar-refractivity contribution in [2.45, 2.75) is 159 Å². The normalized spacial score (nSPS) is 34.9. The third-order valence-corrected chi connectivity index (χ3v) is 13.1. The number of amides is 1. The molecule has 3 aliphatic heterocycles. The summed E-state index contributed by atoms with van der Waals surface area (Å²) in [6, 6.07) is 5.10. The monoisotopic (exact) mass is 881 g/mol. The van der Waals surface area contributed by atoms with Crippen LogP contribution >= 0.6 is 0 Å². The van der Waals surface area contributed by atoms with E-state index < -0.39 is 102 Å². The Balaban J connectivity index is 1.08. The number of aliphatic hydroxyl groups excluding tert-OH is 1. The fraction of sp³-hybridized carbons (Fsp3) is 0.622. The molecule has 2 aromatic carbocycles. The summed E-state index contributed by atoms with van der Waals surface area (Å²) in [6.07, 6.45) is -5.91. The van der Waals surface area contributed by atoms with Gasteiger partial charge in [0.15, 0.2) is 24.7 Å². The predicted molar refractivity (Wildman–Crippen MR) is 222 cm³/mol. The Bertz CT molecular complexity index is 2120. The summed E-state index contributed by atoms with van der Waals surface area (Å²) < 4.78 is 43.3. The number of nitrogens with one attached hydrogen (secondary N) is 1. The topological polar surface area (TPSA) is 241 Å². The van der Waals surface area contributed by atoms with Crippen molar-refractivity contribution in [2.75, 3.05) is 21.2 Å². The summed E-state index contributed by atoms with van der Waals surface area (Å²) in [5.74, 6) is -4.81. The van der Waals surface area contributed by atoms with Gasteiger partial charge < -0.3 is 58.5 Å². The molecule has 1 amide bonds. The van der Waals surface area contributed by atoms with Crippen molar-refractivity contribution in [3.8, 4) is 11.5 Å². The highest BCUT2D eigenvalue weighted by molar-refractivity contribution is 6.30. The van der Waals surface area contributed by atoms with Gasteiger partial charge in [0.1, 0.15) is 29.6 Å². The largest absolute Gasteiger partial charge is 0.507 e. The summed E-state index contributed by atoms with van der Waals surface area (Å²) >= 11 is 0. The predicted octanol–water partition coefficient (Wildman–Crippen LogP) is 3.47. The highest BCUT2D eigenvalue weighted by Crippen LogP contribution is 2.54. The molecular formula is C45H59N3O15. The van der Waals surface area contributed by atoms with Crippen LogP contribution in [0.5, 0.6) is 11.5 Å². The van der Waals surface area contributed by atoms with Crippen LogP contribution in [0.3, 0.4) is 0 Å². The lowest BCUT2D eigenvalue weighted by molar-refractivity contribution is -0.324. The van der Waals surface area contributed by atoms with Crippen molar-refractivity contribution in [1.29, 1.82) is 0 Å². The Labute approximate surface area is 365 Å². The van der Waals surface area contributed by atoms with E-state index >= 15 is 0 Å². The Kier molecular flexibility index (Phi) is 13.8. The van der Waals surface area contributed by atoms with Crippen LogP contribution in [-0.4, -0.2) is 143 Å². The molecular weight excluding hydrogens is 823 g/mol. The van der Waals surface area contributed by atoms with Gasteiger partial charge in [-0.15, -0.1) is 0 Å². The molecule has 18 heteroatoms. The van der Waals surface area contributed by atoms with E-state index in [4.69, 9.17) is 33.2 Å². The standard InChI is InChI=1S/C45H59N3O15/c1-9-31(51)47-46-26-14-15-32(58-20(26)3)62-43-22(5)60-34(18-29(43)50)63-42-21(4)59-33(17-27(42)48(6)7)61-30-19-45(56,10-2)38(44(55)57-8)24-16-25-37(41(54)36(24)30)40(53)35-23(39(25)52)12-11-13-28(35)49/h11-13,16,20-22,27,29-30,32-34,38,42-43,49-50,54,56H,9-10,14-15,17-19H2,1-8H3,(H,47,51)/b46-26-/t20?,21?,22?,27-,29-,30+,32?,33+,34+,38+,42-,43-,45-/m1/s1. The number of carbonyl (C=O) groups is 4. The minimum Gasteiger partial charge on any atom is -0.507 e. The molecule has 63 heavy (non-hydrogen) atoms. The summed E-state index contributed by atoms with van der Waals surface area (Å²) in [5.41, 5.74) is 0.707. The van der Waals surface area contributed by atoms with E-state index in [0.29, 0.717) is 25.0 Å². The molecule has 0 radical (unpaired) electrons. The van der Waals surface area contributed by atoms with Gasteiger partial charge in [-0.05, 0) is 65.4 Å². The van der Waals surface area contributed by atoms with E-state index in [1.54, 1.807) is 20.8 Å². The highest BCUT2D eigenvalue weighted by Gasteiger charge is 2.53. The number of rotatable bonds is 11. The molecule has 18 nitrogen and oxygen atoms in total. The Morgan fingerprint density at radius 1 is 0.921 bits per heavy atom. The van der Waals surface area contributed by atoms with Crippen LogP contribution in [0.15, 0.2) is 29.4 Å². The molecule has 0 aromatic heterocycles. The Hall–Kier alpha value is -4.37. The number of ether oxygens (including phenoxy) is 7. The molecule has 0 bridgehead atoms. The molecule has 7 rings (SSSR count). The number of carbonyl (C=O) groups excluding carboxylic acids is 4. The number of hydrogen-bond acceptors (Lipinski definition) is 17. The van der Waals surface area contributed by atoms with Gasteiger partial charge in [-0.3, -0.25) is 19.2 Å². The molecule has 2 aromatic rings. The molecule has 5 N–H and O–H groups in total. The van der Waals surface area contributed by atoms with Crippen molar-refractivity contribution in [3.63, 3.8) is 0 Å². The molecule has 3 saturated heterocycles. The van der Waals surface area contributed by atoms with Gasteiger partial charge in [0, 0.05) is 54.8 Å². The van der Waals surface area contributed by atoms with Crippen LogP contribution in [0.4, 0.5) is 0 Å². The number of likely N-dealkylation sites (N-methyl/N-ethyl adjacent to an activating group) is 1. The number of aliphatic hydroxyl groups is 2. The van der Waals surface area contributed by atoms with Crippen molar-refractivity contribution < 1.29 is 72.8 Å². The third kappa shape index (κ3) is 8.89. The first-order chi connectivity index (χ1) is 29.9. The van der Waals surface area contributed by atoms with E-state index in [-0.39, 0.29) is 71.0 Å². The second-order valence-corrected chi connectivity index (χ2v) is 17.3. The minimum atomic E-state index is -1.76. The van der Waals surface area contributed by atoms with Gasteiger partial charge in [0.05, 0.1) is 60.1 Å². The lowest BCUT2D eigenvalue weighted by Gasteiger charge is -2.48. The Morgan fingerprint density at radius 2 is 1.60 bits per heavy atom. The number of nitrogens with zero attached hydrogens (tertiary/aromatic N) is 2. The highest BCUT2D eigenvalue weighted by atomic mass is 16.7. The zero-order valence-corrected chi connectivity index (χ0v) is 36.9. The molecule has 3 fully saturated rings. The lowest BCUT2D eigenvalue weighted by atomic mass is 9.67. The molecule has 5 aliphatic rings. The van der Waals surface area contributed by atoms with Gasteiger partial charge in [0.2, 0.25) is 11.7 Å². The maximum atomic E-state index is 14.0. The number of phenolic OH excluding ortho intramolecular Hbond substituents is 2. The third-order valence-electron chi connectivity index (χ3n) is 13.1. The van der Waals surface area contributed by atoms with Gasteiger partial charge >= 0.3 is 5.97 Å². The molecule has 13 atom stereocenters. The first-order valence-electron chi connectivity index (χ1n) is 21.6. The van der Waals surface area contributed by atoms with Gasteiger partial charge in [-0.1, -0.05) is 26.0 Å². The van der Waals surface area contributed by atoms with Crippen molar-refractivity contribution >= 4 is 29.2 Å². The zero-order chi connectivity index (χ0) is 45.7. The summed E-state index contributed by atoms with van der Waals surface area (Å²) in [6.45, 7) is 8.86. The van der Waals surface area contributed by atoms with Gasteiger partial charge in [-0.2, -0.15) is 5.10 Å². The fourth-order valence-corrected chi connectivity index (χ4v) is 9.64. The van der Waals surface area contributed by atoms with Crippen LogP contribution < -0.4 is 5.43 Å². The number of phenols is 2. The van der Waals surface area contributed by atoms with Crippen molar-refractivity contribution in [2.24, 2.45) is 5.10 Å². The van der Waals surface area contributed by atoms with Crippen LogP contribution in [0.25, 0.3) is 0 Å². The summed E-state index contributed by atoms with van der Waals surface area (Å²) in [4.78, 5) is 54.9. The number of methoxy groups -OCH3 is 1. The molecule has 344 valence electrons. The number of aromatic hydroxyl groups is 2. The average Bonchev–Trinajstić information content (AvgIpc) is 3.23. The van der Waals surface area contributed by atoms with Crippen LogP contribution in [0.1, 0.15) is 135 Å². The number of fused-ring (bicyclic) bond motifs is 3. The summed E-state index contributed by atoms with van der Waals surface area (Å²) in [5, 5.41) is 50.3. The number of benzene rings is 2. The minimum absolute atomic E-state index is 0.0239. The van der Waals surface area contributed by atoms with Crippen LogP contribution in [0.2, 0.25) is 0 Å². The van der Waals surface area contributed by atoms with Crippen molar-refractivity contribution in [1.82, 2.24) is 10.3 Å². The molecule has 2 aliphatic carbocycles. The number of hydrogen-bond donors (Lipinski definition) is 5. The first-order valence-corrected chi connectivity index (χ1v) is 21.6.